The van der Waals surface area contributed by atoms with Crippen molar-refractivity contribution in [1.29, 1.82) is 0 Å². The second-order valence-electron chi connectivity index (χ2n) is 6.17. The largest absolute Gasteiger partial charge is 0.313 e. The molecule has 1 atom stereocenters. The monoisotopic (exact) mass is 296 g/mol. The van der Waals surface area contributed by atoms with Crippen LogP contribution in [-0.2, 0) is 6.54 Å². The van der Waals surface area contributed by atoms with Crippen molar-refractivity contribution in [2.45, 2.75) is 38.3 Å². The summed E-state index contributed by atoms with van der Waals surface area (Å²) in [6.07, 6.45) is 5.25. The van der Waals surface area contributed by atoms with Gasteiger partial charge in [-0.1, -0.05) is 17.7 Å². The zero-order valence-electron chi connectivity index (χ0n) is 11.7. The molecule has 0 spiro atoms. The third-order valence-corrected chi connectivity index (χ3v) is 4.62. The van der Waals surface area contributed by atoms with Crippen molar-refractivity contribution in [3.8, 4) is 0 Å². The maximum atomic E-state index is 13.1. The number of nitrogens with one attached hydrogen (secondary N) is 1. The average Bonchev–Trinajstić information content (AvgIpc) is 3.07. The molecule has 1 saturated carbocycles. The van der Waals surface area contributed by atoms with Gasteiger partial charge in [-0.05, 0) is 55.8 Å². The Morgan fingerprint density at radius 2 is 2.10 bits per heavy atom. The van der Waals surface area contributed by atoms with Gasteiger partial charge >= 0.3 is 0 Å². The van der Waals surface area contributed by atoms with Crippen LogP contribution in [0.15, 0.2) is 18.2 Å². The van der Waals surface area contributed by atoms with Gasteiger partial charge in [0, 0.05) is 30.7 Å². The van der Waals surface area contributed by atoms with E-state index in [1.165, 1.54) is 37.8 Å². The molecule has 2 aliphatic rings. The van der Waals surface area contributed by atoms with Gasteiger partial charge in [0.05, 0.1) is 0 Å². The molecular weight excluding hydrogens is 275 g/mol. The van der Waals surface area contributed by atoms with E-state index >= 15 is 0 Å². The van der Waals surface area contributed by atoms with Crippen LogP contribution in [0.3, 0.4) is 0 Å². The summed E-state index contributed by atoms with van der Waals surface area (Å²) in [6.45, 7) is 4.18. The smallest absolute Gasteiger partial charge is 0.124 e. The van der Waals surface area contributed by atoms with Gasteiger partial charge in [0.25, 0.3) is 0 Å². The molecule has 0 aromatic heterocycles. The zero-order valence-corrected chi connectivity index (χ0v) is 12.5. The topological polar surface area (TPSA) is 15.3 Å². The summed E-state index contributed by atoms with van der Waals surface area (Å²) < 4.78 is 13.1. The van der Waals surface area contributed by atoms with E-state index in [9.17, 15) is 4.39 Å². The van der Waals surface area contributed by atoms with Crippen LogP contribution in [0.4, 0.5) is 4.39 Å². The van der Waals surface area contributed by atoms with Crippen LogP contribution < -0.4 is 5.32 Å². The average molecular weight is 297 g/mol. The van der Waals surface area contributed by atoms with Crippen LogP contribution in [0.5, 0.6) is 0 Å². The number of rotatable bonds is 6. The van der Waals surface area contributed by atoms with E-state index in [1.54, 1.807) is 0 Å². The van der Waals surface area contributed by atoms with Crippen LogP contribution in [0, 0.1) is 11.7 Å². The molecule has 110 valence electrons. The molecular formula is C16H22ClFN2. The van der Waals surface area contributed by atoms with Crippen molar-refractivity contribution in [1.82, 2.24) is 10.2 Å². The number of hydrogen-bond donors (Lipinski definition) is 1. The van der Waals surface area contributed by atoms with Crippen LogP contribution in [-0.4, -0.2) is 30.6 Å². The van der Waals surface area contributed by atoms with E-state index < -0.39 is 0 Å². The predicted molar refractivity (Wildman–Crippen MR) is 80.4 cm³/mol. The first-order valence-electron chi connectivity index (χ1n) is 7.60. The van der Waals surface area contributed by atoms with Crippen molar-refractivity contribution in [2.75, 3.05) is 19.6 Å². The molecule has 0 bridgehead atoms. The van der Waals surface area contributed by atoms with Crippen molar-refractivity contribution in [2.24, 2.45) is 5.92 Å². The lowest BCUT2D eigenvalue weighted by molar-refractivity contribution is 0.232. The molecule has 3 rings (SSSR count). The van der Waals surface area contributed by atoms with E-state index in [0.717, 1.165) is 37.7 Å². The fourth-order valence-electron chi connectivity index (χ4n) is 2.98. The van der Waals surface area contributed by atoms with Crippen molar-refractivity contribution < 1.29 is 4.39 Å². The summed E-state index contributed by atoms with van der Waals surface area (Å²) in [5.74, 6) is 0.598. The lowest BCUT2D eigenvalue weighted by Crippen LogP contribution is -2.38. The molecule has 20 heavy (non-hydrogen) atoms. The highest BCUT2D eigenvalue weighted by molar-refractivity contribution is 6.31. The Bertz CT molecular complexity index is 456. The fourth-order valence-corrected chi connectivity index (χ4v) is 3.21. The Balaban J connectivity index is 1.64. The standard InChI is InChI=1S/C16H22ClFN2/c17-16-8-14(18)6-5-13(16)10-20(9-12-3-4-12)11-15-2-1-7-19-15/h5-6,8,12,15,19H,1-4,7,9-11H2. The number of nitrogens with zero attached hydrogens (tertiary/aromatic N) is 1. The van der Waals surface area contributed by atoms with E-state index in [0.29, 0.717) is 11.1 Å². The Kier molecular flexibility index (Phi) is 4.59. The molecule has 0 amide bonds. The normalized spacial score (nSPS) is 22.6. The molecule has 2 fully saturated rings. The van der Waals surface area contributed by atoms with Crippen LogP contribution in [0.2, 0.25) is 5.02 Å². The minimum atomic E-state index is -0.259. The molecule has 1 aromatic rings. The van der Waals surface area contributed by atoms with Crippen LogP contribution in [0.25, 0.3) is 0 Å². The summed E-state index contributed by atoms with van der Waals surface area (Å²) in [4.78, 5) is 2.49. The molecule has 1 aromatic carbocycles. The van der Waals surface area contributed by atoms with Gasteiger partial charge in [0.15, 0.2) is 0 Å². The minimum Gasteiger partial charge on any atom is -0.313 e. The molecule has 0 radical (unpaired) electrons. The molecule has 2 nitrogen and oxygen atoms in total. The molecule has 1 unspecified atom stereocenters. The lowest BCUT2D eigenvalue weighted by atomic mass is 10.1. The first-order chi connectivity index (χ1) is 9.70. The highest BCUT2D eigenvalue weighted by Crippen LogP contribution is 2.31. The van der Waals surface area contributed by atoms with Crippen LogP contribution >= 0.6 is 11.6 Å². The predicted octanol–water partition coefficient (Wildman–Crippen LogP) is 3.44. The Hall–Kier alpha value is -0.640. The van der Waals surface area contributed by atoms with E-state index in [4.69, 9.17) is 11.6 Å². The van der Waals surface area contributed by atoms with Gasteiger partial charge in [-0.15, -0.1) is 0 Å². The maximum Gasteiger partial charge on any atom is 0.124 e. The summed E-state index contributed by atoms with van der Waals surface area (Å²) in [5.41, 5.74) is 1.03. The maximum absolute atomic E-state index is 13.1. The van der Waals surface area contributed by atoms with Crippen molar-refractivity contribution in [3.63, 3.8) is 0 Å². The summed E-state index contributed by atoms with van der Waals surface area (Å²) in [5, 5.41) is 4.10. The molecule has 1 aliphatic carbocycles. The van der Waals surface area contributed by atoms with E-state index in [-0.39, 0.29) is 5.82 Å². The fraction of sp³-hybridized carbons (Fsp3) is 0.625. The Morgan fingerprint density at radius 1 is 1.25 bits per heavy atom. The van der Waals surface area contributed by atoms with Crippen molar-refractivity contribution >= 4 is 11.6 Å². The number of benzene rings is 1. The van der Waals surface area contributed by atoms with Gasteiger partial charge in [-0.2, -0.15) is 0 Å². The zero-order chi connectivity index (χ0) is 13.9. The van der Waals surface area contributed by atoms with Gasteiger partial charge < -0.3 is 5.32 Å². The quantitative estimate of drug-likeness (QED) is 0.865. The second kappa shape index (κ2) is 6.42. The molecule has 1 heterocycles. The Labute approximate surface area is 125 Å². The van der Waals surface area contributed by atoms with Gasteiger partial charge in [0.2, 0.25) is 0 Å². The Morgan fingerprint density at radius 3 is 2.75 bits per heavy atom. The highest BCUT2D eigenvalue weighted by Gasteiger charge is 2.26. The molecule has 1 aliphatic heterocycles. The molecule has 4 heteroatoms. The van der Waals surface area contributed by atoms with E-state index in [1.807, 2.05) is 6.07 Å². The summed E-state index contributed by atoms with van der Waals surface area (Å²) in [7, 11) is 0. The van der Waals surface area contributed by atoms with Gasteiger partial charge in [-0.25, -0.2) is 4.39 Å². The highest BCUT2D eigenvalue weighted by atomic mass is 35.5. The first kappa shape index (κ1) is 14.3. The molecule has 1 saturated heterocycles. The molecule has 1 N–H and O–H groups in total. The second-order valence-corrected chi connectivity index (χ2v) is 6.57. The summed E-state index contributed by atoms with van der Waals surface area (Å²) >= 11 is 6.16. The number of hydrogen-bond acceptors (Lipinski definition) is 2. The number of halogens is 2. The van der Waals surface area contributed by atoms with Crippen LogP contribution in [0.1, 0.15) is 31.2 Å². The van der Waals surface area contributed by atoms with Gasteiger partial charge in [-0.3, -0.25) is 4.90 Å². The SMILES string of the molecule is Fc1ccc(CN(CC2CC2)CC2CCCN2)c(Cl)c1. The third kappa shape index (κ3) is 3.94. The van der Waals surface area contributed by atoms with Gasteiger partial charge in [0.1, 0.15) is 5.82 Å². The lowest BCUT2D eigenvalue weighted by Gasteiger charge is -2.26. The minimum absolute atomic E-state index is 0.259. The summed E-state index contributed by atoms with van der Waals surface area (Å²) in [6, 6.07) is 5.34. The van der Waals surface area contributed by atoms with Crippen molar-refractivity contribution in [3.05, 3.63) is 34.6 Å². The first-order valence-corrected chi connectivity index (χ1v) is 7.98. The van der Waals surface area contributed by atoms with E-state index in [2.05, 4.69) is 10.2 Å². The third-order valence-electron chi connectivity index (χ3n) is 4.26.